The highest BCUT2D eigenvalue weighted by Crippen LogP contribution is 2.19. The number of carbonyl (C=O) groups excluding carboxylic acids is 1. The van der Waals surface area contributed by atoms with Gasteiger partial charge in [0, 0.05) is 17.2 Å². The first kappa shape index (κ1) is 16.5. The molecule has 0 aromatic heterocycles. The number of carbonyl (C=O) groups is 1. The second-order valence-corrected chi connectivity index (χ2v) is 5.18. The van der Waals surface area contributed by atoms with Crippen molar-refractivity contribution < 1.29 is 14.5 Å². The summed E-state index contributed by atoms with van der Waals surface area (Å²) < 4.78 is 5.53. The molecule has 23 heavy (non-hydrogen) atoms. The van der Waals surface area contributed by atoms with Crippen molar-refractivity contribution in [2.75, 3.05) is 13.2 Å². The zero-order valence-corrected chi connectivity index (χ0v) is 13.0. The number of amides is 1. The summed E-state index contributed by atoms with van der Waals surface area (Å²) in [6, 6.07) is 12.0. The van der Waals surface area contributed by atoms with Gasteiger partial charge in [-0.2, -0.15) is 0 Å². The van der Waals surface area contributed by atoms with Gasteiger partial charge in [0.15, 0.2) is 0 Å². The quantitative estimate of drug-likeness (QED) is 0.505. The molecule has 0 aliphatic rings. The number of ether oxygens (including phenoxy) is 1. The van der Waals surface area contributed by atoms with Gasteiger partial charge < -0.3 is 10.1 Å². The van der Waals surface area contributed by atoms with Crippen LogP contribution < -0.4 is 10.1 Å². The van der Waals surface area contributed by atoms with E-state index in [0.29, 0.717) is 18.7 Å². The normalized spacial score (nSPS) is 10.2. The largest absolute Gasteiger partial charge is 0.492 e. The number of aryl methyl sites for hydroxylation is 2. The van der Waals surface area contributed by atoms with Crippen molar-refractivity contribution >= 4 is 11.6 Å². The molecule has 0 spiro atoms. The fraction of sp³-hybridized carbons (Fsp3) is 0.235. The maximum Gasteiger partial charge on any atom is 0.273 e. The highest BCUT2D eigenvalue weighted by molar-refractivity contribution is 5.94. The van der Waals surface area contributed by atoms with Crippen LogP contribution in [0.1, 0.15) is 21.5 Å². The minimum Gasteiger partial charge on any atom is -0.492 e. The zero-order valence-electron chi connectivity index (χ0n) is 13.0. The summed E-state index contributed by atoms with van der Waals surface area (Å²) in [6.45, 7) is 4.24. The number of nitro groups is 1. The second-order valence-electron chi connectivity index (χ2n) is 5.18. The zero-order chi connectivity index (χ0) is 16.8. The fourth-order valence-electron chi connectivity index (χ4n) is 2.09. The molecule has 0 unspecified atom stereocenters. The Bertz CT molecular complexity index is 728. The maximum absolute atomic E-state index is 12.0. The molecule has 1 amide bonds. The smallest absolute Gasteiger partial charge is 0.273 e. The molecule has 2 aromatic rings. The van der Waals surface area contributed by atoms with Crippen LogP contribution in [-0.2, 0) is 0 Å². The van der Waals surface area contributed by atoms with Gasteiger partial charge >= 0.3 is 0 Å². The van der Waals surface area contributed by atoms with Crippen LogP contribution in [0.25, 0.3) is 0 Å². The number of benzene rings is 2. The van der Waals surface area contributed by atoms with Crippen molar-refractivity contribution in [2.24, 2.45) is 0 Å². The van der Waals surface area contributed by atoms with Crippen molar-refractivity contribution in [3.05, 3.63) is 69.3 Å². The average Bonchev–Trinajstić information content (AvgIpc) is 2.51. The molecular formula is C17H18N2O4. The monoisotopic (exact) mass is 314 g/mol. The molecular weight excluding hydrogens is 296 g/mol. The topological polar surface area (TPSA) is 81.5 Å². The summed E-state index contributed by atoms with van der Waals surface area (Å²) in [5.41, 5.74) is 1.82. The maximum atomic E-state index is 12.0. The standard InChI is InChI=1S/C17H18N2O4/c1-12-4-3-5-15(10-12)23-9-8-18-17(20)14-7-6-13(2)16(11-14)19(21)22/h3-7,10-11H,8-9H2,1-2H3,(H,18,20). The van der Waals surface area contributed by atoms with E-state index in [-0.39, 0.29) is 17.2 Å². The van der Waals surface area contributed by atoms with Crippen LogP contribution in [0.5, 0.6) is 5.75 Å². The Morgan fingerprint density at radius 3 is 2.70 bits per heavy atom. The van der Waals surface area contributed by atoms with Gasteiger partial charge in [0.2, 0.25) is 0 Å². The molecule has 120 valence electrons. The Balaban J connectivity index is 1.88. The Kier molecular flexibility index (Phi) is 5.30. The second kappa shape index (κ2) is 7.40. The Morgan fingerprint density at radius 1 is 1.22 bits per heavy atom. The third kappa shape index (κ3) is 4.54. The Hall–Kier alpha value is -2.89. The summed E-state index contributed by atoms with van der Waals surface area (Å²) in [6.07, 6.45) is 0. The number of hydrogen-bond donors (Lipinski definition) is 1. The molecule has 0 heterocycles. The van der Waals surface area contributed by atoms with Crippen LogP contribution in [0, 0.1) is 24.0 Å². The summed E-state index contributed by atoms with van der Waals surface area (Å²) in [4.78, 5) is 22.4. The van der Waals surface area contributed by atoms with Gasteiger partial charge in [0.05, 0.1) is 11.5 Å². The third-order valence-electron chi connectivity index (χ3n) is 3.31. The average molecular weight is 314 g/mol. The molecule has 6 nitrogen and oxygen atoms in total. The summed E-state index contributed by atoms with van der Waals surface area (Å²) in [5, 5.41) is 13.6. The molecule has 0 bridgehead atoms. The van der Waals surface area contributed by atoms with Crippen LogP contribution in [0.2, 0.25) is 0 Å². The minimum absolute atomic E-state index is 0.0614. The lowest BCUT2D eigenvalue weighted by Crippen LogP contribution is -2.28. The lowest BCUT2D eigenvalue weighted by Gasteiger charge is -2.08. The SMILES string of the molecule is Cc1cccc(OCCNC(=O)c2ccc(C)c([N+](=O)[O-])c2)c1. The lowest BCUT2D eigenvalue weighted by molar-refractivity contribution is -0.385. The van der Waals surface area contributed by atoms with Crippen LogP contribution in [-0.4, -0.2) is 24.0 Å². The van der Waals surface area contributed by atoms with Crippen molar-refractivity contribution in [3.8, 4) is 5.75 Å². The summed E-state index contributed by atoms with van der Waals surface area (Å²) >= 11 is 0. The van der Waals surface area contributed by atoms with E-state index in [4.69, 9.17) is 4.74 Å². The lowest BCUT2D eigenvalue weighted by atomic mass is 10.1. The molecule has 0 saturated carbocycles. The summed E-state index contributed by atoms with van der Waals surface area (Å²) in [5.74, 6) is 0.381. The van der Waals surface area contributed by atoms with E-state index in [2.05, 4.69) is 5.32 Å². The molecule has 0 atom stereocenters. The van der Waals surface area contributed by atoms with E-state index in [1.165, 1.54) is 6.07 Å². The molecule has 6 heteroatoms. The van der Waals surface area contributed by atoms with Crippen molar-refractivity contribution in [1.82, 2.24) is 5.32 Å². The van der Waals surface area contributed by atoms with Gasteiger partial charge in [-0.25, -0.2) is 0 Å². The van der Waals surface area contributed by atoms with E-state index in [1.807, 2.05) is 31.2 Å². The van der Waals surface area contributed by atoms with E-state index in [0.717, 1.165) is 11.3 Å². The molecule has 0 radical (unpaired) electrons. The fourth-order valence-corrected chi connectivity index (χ4v) is 2.09. The molecule has 0 aliphatic heterocycles. The van der Waals surface area contributed by atoms with Gasteiger partial charge in [-0.3, -0.25) is 14.9 Å². The molecule has 2 rings (SSSR count). The van der Waals surface area contributed by atoms with E-state index >= 15 is 0 Å². The minimum atomic E-state index is -0.493. The predicted octanol–water partition coefficient (Wildman–Crippen LogP) is 3.02. The molecule has 0 aliphatic carbocycles. The van der Waals surface area contributed by atoms with Gasteiger partial charge in [-0.1, -0.05) is 18.2 Å². The van der Waals surface area contributed by atoms with Crippen LogP contribution >= 0.6 is 0 Å². The highest BCUT2D eigenvalue weighted by atomic mass is 16.6. The first-order valence-electron chi connectivity index (χ1n) is 7.20. The first-order chi connectivity index (χ1) is 11.0. The van der Waals surface area contributed by atoms with E-state index in [1.54, 1.807) is 19.1 Å². The molecule has 1 N–H and O–H groups in total. The Morgan fingerprint density at radius 2 is 2.00 bits per heavy atom. The van der Waals surface area contributed by atoms with E-state index in [9.17, 15) is 14.9 Å². The number of nitro benzene ring substituents is 1. The molecule has 0 saturated heterocycles. The molecule has 2 aromatic carbocycles. The number of rotatable bonds is 6. The van der Waals surface area contributed by atoms with Crippen LogP contribution in [0.4, 0.5) is 5.69 Å². The van der Waals surface area contributed by atoms with Gasteiger partial charge in [-0.15, -0.1) is 0 Å². The van der Waals surface area contributed by atoms with Crippen LogP contribution in [0.3, 0.4) is 0 Å². The first-order valence-corrected chi connectivity index (χ1v) is 7.20. The number of nitrogens with one attached hydrogen (secondary N) is 1. The molecule has 0 fully saturated rings. The highest BCUT2D eigenvalue weighted by Gasteiger charge is 2.14. The van der Waals surface area contributed by atoms with Gasteiger partial charge in [-0.05, 0) is 37.6 Å². The predicted molar refractivity (Wildman–Crippen MR) is 86.8 cm³/mol. The van der Waals surface area contributed by atoms with E-state index < -0.39 is 4.92 Å². The van der Waals surface area contributed by atoms with Gasteiger partial charge in [0.1, 0.15) is 12.4 Å². The number of hydrogen-bond acceptors (Lipinski definition) is 4. The summed E-state index contributed by atoms with van der Waals surface area (Å²) in [7, 11) is 0. The van der Waals surface area contributed by atoms with Crippen molar-refractivity contribution in [2.45, 2.75) is 13.8 Å². The Labute approximate surface area is 134 Å². The third-order valence-corrected chi connectivity index (χ3v) is 3.31. The van der Waals surface area contributed by atoms with Crippen molar-refractivity contribution in [1.29, 1.82) is 0 Å². The van der Waals surface area contributed by atoms with Crippen molar-refractivity contribution in [3.63, 3.8) is 0 Å². The number of nitrogens with zero attached hydrogens (tertiary/aromatic N) is 1. The van der Waals surface area contributed by atoms with Crippen LogP contribution in [0.15, 0.2) is 42.5 Å². The van der Waals surface area contributed by atoms with Gasteiger partial charge in [0.25, 0.3) is 11.6 Å².